The number of para-hydroxylation sites is 1. The average Bonchev–Trinajstić information content (AvgIpc) is 3.16. The highest BCUT2D eigenvalue weighted by Gasteiger charge is 2.27. The predicted molar refractivity (Wildman–Crippen MR) is 148 cm³/mol. The molecule has 1 aliphatic rings. The lowest BCUT2D eigenvalue weighted by molar-refractivity contribution is 0.102. The van der Waals surface area contributed by atoms with Crippen molar-refractivity contribution in [3.63, 3.8) is 0 Å². The molecule has 1 heterocycles. The van der Waals surface area contributed by atoms with Crippen molar-refractivity contribution in [1.29, 1.82) is 0 Å². The Labute approximate surface area is 213 Å². The summed E-state index contributed by atoms with van der Waals surface area (Å²) >= 11 is 1.63. The minimum Gasteiger partial charge on any atom is -0.507 e. The zero-order valence-electron chi connectivity index (χ0n) is 21.7. The molecule has 35 heavy (non-hydrogen) atoms. The van der Waals surface area contributed by atoms with Gasteiger partial charge in [-0.1, -0.05) is 59.7 Å². The molecular formula is C30H36N2O2S. The summed E-state index contributed by atoms with van der Waals surface area (Å²) in [4.78, 5) is 19.5. The molecule has 2 N–H and O–H groups in total. The number of thiophene rings is 1. The van der Waals surface area contributed by atoms with Crippen molar-refractivity contribution in [2.45, 2.75) is 78.1 Å². The van der Waals surface area contributed by atoms with Crippen LogP contribution in [-0.4, -0.2) is 17.2 Å². The lowest BCUT2D eigenvalue weighted by Gasteiger charge is -2.27. The third-order valence-corrected chi connectivity index (χ3v) is 7.69. The van der Waals surface area contributed by atoms with E-state index in [0.29, 0.717) is 11.3 Å². The first-order chi connectivity index (χ1) is 16.4. The summed E-state index contributed by atoms with van der Waals surface area (Å²) in [6.45, 7) is 12.6. The predicted octanol–water partition coefficient (Wildman–Crippen LogP) is 7.93. The minimum absolute atomic E-state index is 0.0979. The minimum atomic E-state index is -0.212. The number of phenols is 1. The molecule has 0 bridgehead atoms. The molecule has 0 saturated heterocycles. The van der Waals surface area contributed by atoms with E-state index in [4.69, 9.17) is 4.99 Å². The van der Waals surface area contributed by atoms with Gasteiger partial charge in [0, 0.05) is 27.9 Å². The summed E-state index contributed by atoms with van der Waals surface area (Å²) in [6.07, 6.45) is 6.02. The smallest absolute Gasteiger partial charge is 0.259 e. The van der Waals surface area contributed by atoms with Crippen LogP contribution in [0.3, 0.4) is 0 Å². The van der Waals surface area contributed by atoms with Gasteiger partial charge in [0.05, 0.1) is 5.56 Å². The number of amides is 1. The Hall–Kier alpha value is -2.92. The number of fused-ring (bicyclic) bond motifs is 1. The molecule has 5 heteroatoms. The molecule has 1 aromatic heterocycles. The van der Waals surface area contributed by atoms with Gasteiger partial charge in [-0.25, -0.2) is 4.99 Å². The Morgan fingerprint density at radius 2 is 1.57 bits per heavy atom. The molecule has 4 rings (SSSR count). The highest BCUT2D eigenvalue weighted by atomic mass is 32.1. The number of carbonyl (C=O) groups excluding carboxylic acids is 1. The molecule has 3 aromatic rings. The van der Waals surface area contributed by atoms with Crippen molar-refractivity contribution in [1.82, 2.24) is 0 Å². The lowest BCUT2D eigenvalue weighted by atomic mass is 9.78. The fourth-order valence-electron chi connectivity index (χ4n) is 4.60. The van der Waals surface area contributed by atoms with Gasteiger partial charge in [-0.3, -0.25) is 4.79 Å². The van der Waals surface area contributed by atoms with Crippen LogP contribution in [0.1, 0.15) is 91.9 Å². The van der Waals surface area contributed by atoms with E-state index in [9.17, 15) is 9.90 Å². The van der Waals surface area contributed by atoms with Crippen LogP contribution in [0.4, 0.5) is 10.7 Å². The Kier molecular flexibility index (Phi) is 6.92. The van der Waals surface area contributed by atoms with Gasteiger partial charge in [0.1, 0.15) is 10.8 Å². The summed E-state index contributed by atoms with van der Waals surface area (Å²) in [6, 6.07) is 13.6. The number of aliphatic imine (C=N–C) groups is 1. The van der Waals surface area contributed by atoms with Gasteiger partial charge in [-0.2, -0.15) is 0 Å². The number of rotatable bonds is 4. The molecule has 1 aliphatic carbocycles. The van der Waals surface area contributed by atoms with Crippen molar-refractivity contribution in [2.75, 3.05) is 5.32 Å². The number of hydrogen-bond donors (Lipinski definition) is 2. The largest absolute Gasteiger partial charge is 0.507 e. The molecule has 0 unspecified atom stereocenters. The second-order valence-corrected chi connectivity index (χ2v) is 12.5. The van der Waals surface area contributed by atoms with Gasteiger partial charge in [0.2, 0.25) is 0 Å². The van der Waals surface area contributed by atoms with Gasteiger partial charge in [0.15, 0.2) is 0 Å². The van der Waals surface area contributed by atoms with Gasteiger partial charge >= 0.3 is 0 Å². The van der Waals surface area contributed by atoms with Crippen LogP contribution in [-0.2, 0) is 23.7 Å². The molecule has 1 amide bonds. The summed E-state index contributed by atoms with van der Waals surface area (Å²) in [5.41, 5.74) is 4.95. The first-order valence-electron chi connectivity index (χ1n) is 12.4. The summed E-state index contributed by atoms with van der Waals surface area (Å²) in [5.74, 6) is 0.260. The third-order valence-electron chi connectivity index (χ3n) is 6.49. The number of aromatic hydroxyl groups is 1. The number of nitrogens with one attached hydrogen (secondary N) is 1. The molecule has 0 saturated carbocycles. The van der Waals surface area contributed by atoms with Crippen molar-refractivity contribution in [2.24, 2.45) is 4.99 Å². The van der Waals surface area contributed by atoms with E-state index in [1.807, 2.05) is 48.7 Å². The second-order valence-electron chi connectivity index (χ2n) is 11.4. The third kappa shape index (κ3) is 5.51. The molecule has 0 spiro atoms. The van der Waals surface area contributed by atoms with Crippen molar-refractivity contribution >= 4 is 34.1 Å². The number of phenolic OH excluding ortho intramolecular Hbond substituents is 1. The number of benzene rings is 2. The highest BCUT2D eigenvalue weighted by Crippen LogP contribution is 2.42. The molecule has 0 fully saturated rings. The van der Waals surface area contributed by atoms with Crippen LogP contribution in [0.15, 0.2) is 47.5 Å². The maximum Gasteiger partial charge on any atom is 0.259 e. The first kappa shape index (κ1) is 25.2. The fraction of sp³-hybridized carbons (Fsp3) is 0.400. The van der Waals surface area contributed by atoms with Crippen molar-refractivity contribution in [3.05, 3.63) is 75.2 Å². The van der Waals surface area contributed by atoms with Gasteiger partial charge in [-0.15, -0.1) is 11.3 Å². The standard InChI is InChI=1S/C30H36N2O2S/c1-29(2,3)22-16-19(17-23(26(22)33)30(4,5)6)18-31-28-25(21-14-10-11-15-24(21)35-28)27(34)32-20-12-8-7-9-13-20/h7-9,12-13,16-18,33H,10-11,14-15H2,1-6H3,(H,32,34). The molecule has 0 aliphatic heterocycles. The number of aryl methyl sites for hydroxylation is 1. The SMILES string of the molecule is CC(C)(C)c1cc(C=Nc2sc3c(c2C(=O)Nc2ccccc2)CCCC3)cc(C(C)(C)C)c1O. The number of nitrogens with zero attached hydrogens (tertiary/aromatic N) is 1. The molecule has 0 radical (unpaired) electrons. The van der Waals surface area contributed by atoms with Crippen molar-refractivity contribution in [3.8, 4) is 5.75 Å². The first-order valence-corrected chi connectivity index (χ1v) is 13.2. The Morgan fingerprint density at radius 1 is 0.971 bits per heavy atom. The van der Waals surface area contributed by atoms with E-state index in [2.05, 4.69) is 46.9 Å². The molecule has 4 nitrogen and oxygen atoms in total. The van der Waals surface area contributed by atoms with E-state index < -0.39 is 0 Å². The van der Waals surface area contributed by atoms with Crippen LogP contribution in [0, 0.1) is 0 Å². The zero-order valence-corrected chi connectivity index (χ0v) is 22.5. The maximum atomic E-state index is 13.4. The van der Waals surface area contributed by atoms with E-state index in [1.54, 1.807) is 11.3 Å². The lowest BCUT2D eigenvalue weighted by Crippen LogP contribution is -2.17. The Morgan fingerprint density at radius 3 is 2.17 bits per heavy atom. The van der Waals surface area contributed by atoms with E-state index in [-0.39, 0.29) is 16.7 Å². The summed E-state index contributed by atoms with van der Waals surface area (Å²) in [5, 5.41) is 14.9. The van der Waals surface area contributed by atoms with Crippen LogP contribution in [0.5, 0.6) is 5.75 Å². The van der Waals surface area contributed by atoms with Gasteiger partial charge < -0.3 is 10.4 Å². The highest BCUT2D eigenvalue weighted by molar-refractivity contribution is 7.16. The van der Waals surface area contributed by atoms with E-state index in [0.717, 1.165) is 58.6 Å². The van der Waals surface area contributed by atoms with Crippen LogP contribution in [0.2, 0.25) is 0 Å². The monoisotopic (exact) mass is 488 g/mol. The molecule has 2 aromatic carbocycles. The van der Waals surface area contributed by atoms with Crippen molar-refractivity contribution < 1.29 is 9.90 Å². The fourth-order valence-corrected chi connectivity index (χ4v) is 5.83. The summed E-state index contributed by atoms with van der Waals surface area (Å²) < 4.78 is 0. The molecule has 0 atom stereocenters. The van der Waals surface area contributed by atoms with Gasteiger partial charge in [-0.05, 0) is 71.9 Å². The number of carbonyl (C=O) groups is 1. The van der Waals surface area contributed by atoms with Crippen LogP contribution in [0.25, 0.3) is 0 Å². The topological polar surface area (TPSA) is 61.7 Å². The molecule has 184 valence electrons. The van der Waals surface area contributed by atoms with Crippen LogP contribution >= 0.6 is 11.3 Å². The number of hydrogen-bond acceptors (Lipinski definition) is 4. The zero-order chi connectivity index (χ0) is 25.4. The average molecular weight is 489 g/mol. The Bertz CT molecular complexity index is 1220. The van der Waals surface area contributed by atoms with E-state index in [1.165, 1.54) is 4.88 Å². The van der Waals surface area contributed by atoms with E-state index >= 15 is 0 Å². The molecular weight excluding hydrogens is 452 g/mol. The maximum absolute atomic E-state index is 13.4. The van der Waals surface area contributed by atoms with Crippen LogP contribution < -0.4 is 5.32 Å². The second kappa shape index (κ2) is 9.62. The Balaban J connectivity index is 1.76. The number of anilines is 1. The normalized spacial score (nSPS) is 14.2. The van der Waals surface area contributed by atoms with Gasteiger partial charge in [0.25, 0.3) is 5.91 Å². The quantitative estimate of drug-likeness (QED) is 0.366. The summed E-state index contributed by atoms with van der Waals surface area (Å²) in [7, 11) is 0.